The number of hydrogen-bond donors (Lipinski definition) is 1. The average molecular weight is 353 g/mol. The minimum absolute atomic E-state index is 0.0469. The van der Waals surface area contributed by atoms with Crippen LogP contribution < -0.4 is 0 Å². The third kappa shape index (κ3) is 6.95. The molecule has 0 saturated carbocycles. The molecule has 1 heterocycles. The SMILES string of the molecule is CC/C=C/[C@H](CC)C[C@H](C)C[C@]1(CC)C=C(CC)[C@H](CC(=O)O)OO1. The summed E-state index contributed by atoms with van der Waals surface area (Å²) in [6, 6.07) is 0. The molecule has 1 aliphatic heterocycles. The van der Waals surface area contributed by atoms with Gasteiger partial charge in [-0.2, -0.15) is 0 Å². The van der Waals surface area contributed by atoms with Crippen molar-refractivity contribution in [1.82, 2.24) is 0 Å². The first-order valence-electron chi connectivity index (χ1n) is 9.84. The fourth-order valence-electron chi connectivity index (χ4n) is 3.62. The van der Waals surface area contributed by atoms with Crippen molar-refractivity contribution >= 4 is 5.97 Å². The summed E-state index contributed by atoms with van der Waals surface area (Å²) in [5.74, 6) is 0.238. The number of carbonyl (C=O) groups is 1. The predicted molar refractivity (Wildman–Crippen MR) is 101 cm³/mol. The van der Waals surface area contributed by atoms with Crippen molar-refractivity contribution in [3.8, 4) is 0 Å². The monoisotopic (exact) mass is 352 g/mol. The van der Waals surface area contributed by atoms with Crippen LogP contribution in [0.5, 0.6) is 0 Å². The lowest BCUT2D eigenvalue weighted by Gasteiger charge is -2.38. The van der Waals surface area contributed by atoms with Crippen LogP contribution in [-0.2, 0) is 14.6 Å². The van der Waals surface area contributed by atoms with Crippen molar-refractivity contribution in [2.24, 2.45) is 11.8 Å². The largest absolute Gasteiger partial charge is 0.481 e. The van der Waals surface area contributed by atoms with E-state index in [-0.39, 0.29) is 6.42 Å². The molecule has 0 amide bonds. The van der Waals surface area contributed by atoms with E-state index >= 15 is 0 Å². The number of carboxylic acids is 1. The molecule has 1 N–H and O–H groups in total. The van der Waals surface area contributed by atoms with Gasteiger partial charge in [-0.15, -0.1) is 0 Å². The first-order chi connectivity index (χ1) is 11.9. The molecule has 0 spiro atoms. The highest BCUT2D eigenvalue weighted by Gasteiger charge is 2.37. The van der Waals surface area contributed by atoms with Gasteiger partial charge in [0.15, 0.2) is 0 Å². The Morgan fingerprint density at radius 3 is 2.60 bits per heavy atom. The number of hydrogen-bond acceptors (Lipinski definition) is 3. The van der Waals surface area contributed by atoms with Crippen LogP contribution in [0.2, 0.25) is 0 Å². The molecule has 4 heteroatoms. The molecule has 25 heavy (non-hydrogen) atoms. The second-order valence-electron chi connectivity index (χ2n) is 7.31. The van der Waals surface area contributed by atoms with E-state index in [0.717, 1.165) is 44.1 Å². The van der Waals surface area contributed by atoms with E-state index in [4.69, 9.17) is 14.9 Å². The average Bonchev–Trinajstić information content (AvgIpc) is 2.59. The minimum Gasteiger partial charge on any atom is -0.481 e. The lowest BCUT2D eigenvalue weighted by atomic mass is 9.81. The lowest BCUT2D eigenvalue weighted by molar-refractivity contribution is -0.378. The van der Waals surface area contributed by atoms with Gasteiger partial charge in [0, 0.05) is 0 Å². The molecule has 0 saturated heterocycles. The summed E-state index contributed by atoms with van der Waals surface area (Å²) in [5.41, 5.74) is 0.604. The van der Waals surface area contributed by atoms with E-state index in [2.05, 4.69) is 45.9 Å². The Balaban J connectivity index is 2.82. The molecule has 0 aromatic rings. The molecule has 0 aromatic heterocycles. The Morgan fingerprint density at radius 2 is 2.08 bits per heavy atom. The van der Waals surface area contributed by atoms with Gasteiger partial charge < -0.3 is 5.11 Å². The van der Waals surface area contributed by atoms with Crippen molar-refractivity contribution in [3.63, 3.8) is 0 Å². The van der Waals surface area contributed by atoms with Crippen molar-refractivity contribution in [2.45, 2.75) is 91.3 Å². The Labute approximate surface area is 153 Å². The summed E-state index contributed by atoms with van der Waals surface area (Å²) in [7, 11) is 0. The number of allylic oxidation sites excluding steroid dienone is 2. The second kappa shape index (κ2) is 10.8. The molecule has 144 valence electrons. The van der Waals surface area contributed by atoms with Crippen LogP contribution in [0.4, 0.5) is 0 Å². The molecule has 0 aromatic carbocycles. The van der Waals surface area contributed by atoms with Gasteiger partial charge in [-0.25, -0.2) is 9.78 Å². The molecule has 1 aliphatic rings. The third-order valence-electron chi connectivity index (χ3n) is 5.13. The van der Waals surface area contributed by atoms with E-state index in [1.165, 1.54) is 0 Å². The first-order valence-corrected chi connectivity index (χ1v) is 9.84. The van der Waals surface area contributed by atoms with Gasteiger partial charge in [-0.3, -0.25) is 4.79 Å². The van der Waals surface area contributed by atoms with Gasteiger partial charge in [-0.05, 0) is 62.0 Å². The summed E-state index contributed by atoms with van der Waals surface area (Å²) in [6.07, 6.45) is 12.1. The van der Waals surface area contributed by atoms with Crippen LogP contribution >= 0.6 is 0 Å². The smallest absolute Gasteiger partial charge is 0.306 e. The first kappa shape index (κ1) is 21.9. The van der Waals surface area contributed by atoms with Crippen LogP contribution in [-0.4, -0.2) is 22.8 Å². The maximum Gasteiger partial charge on any atom is 0.306 e. The van der Waals surface area contributed by atoms with E-state index in [1.54, 1.807) is 0 Å². The van der Waals surface area contributed by atoms with Gasteiger partial charge in [-0.1, -0.05) is 46.8 Å². The number of rotatable bonds is 11. The van der Waals surface area contributed by atoms with Crippen LogP contribution in [0.25, 0.3) is 0 Å². The molecule has 1 rings (SSSR count). The molecule has 0 fully saturated rings. The Kier molecular flexibility index (Phi) is 9.44. The molecule has 4 atom stereocenters. The highest BCUT2D eigenvalue weighted by Crippen LogP contribution is 2.37. The molecule has 0 aliphatic carbocycles. The fourth-order valence-corrected chi connectivity index (χ4v) is 3.62. The second-order valence-corrected chi connectivity index (χ2v) is 7.31. The van der Waals surface area contributed by atoms with Crippen LogP contribution in [0.3, 0.4) is 0 Å². The van der Waals surface area contributed by atoms with Crippen LogP contribution in [0, 0.1) is 11.8 Å². The van der Waals surface area contributed by atoms with Crippen molar-refractivity contribution < 1.29 is 19.7 Å². The van der Waals surface area contributed by atoms with E-state index in [9.17, 15) is 4.79 Å². The topological polar surface area (TPSA) is 55.8 Å². The maximum absolute atomic E-state index is 11.0. The number of aliphatic carboxylic acids is 1. The van der Waals surface area contributed by atoms with E-state index in [1.807, 2.05) is 6.92 Å². The lowest BCUT2D eigenvalue weighted by Crippen LogP contribution is -2.40. The molecular formula is C21H36O4. The molecule has 0 bridgehead atoms. The fraction of sp³-hybridized carbons (Fsp3) is 0.762. The Hall–Kier alpha value is -1.13. The zero-order chi connectivity index (χ0) is 18.9. The van der Waals surface area contributed by atoms with Crippen molar-refractivity contribution in [1.29, 1.82) is 0 Å². The normalized spacial score (nSPS) is 26.4. The quantitative estimate of drug-likeness (QED) is 0.383. The van der Waals surface area contributed by atoms with Gasteiger partial charge in [0.2, 0.25) is 0 Å². The minimum atomic E-state index is -0.862. The summed E-state index contributed by atoms with van der Waals surface area (Å²) >= 11 is 0. The maximum atomic E-state index is 11.0. The molecule has 0 unspecified atom stereocenters. The van der Waals surface area contributed by atoms with Gasteiger partial charge in [0.25, 0.3) is 0 Å². The summed E-state index contributed by atoms with van der Waals surface area (Å²) < 4.78 is 0. The predicted octanol–water partition coefficient (Wildman–Crippen LogP) is 5.69. The summed E-state index contributed by atoms with van der Waals surface area (Å²) in [4.78, 5) is 22.3. The number of carboxylic acid groups (broad SMARTS) is 1. The molecule has 4 nitrogen and oxygen atoms in total. The summed E-state index contributed by atoms with van der Waals surface area (Å²) in [5, 5.41) is 9.04. The van der Waals surface area contributed by atoms with Crippen LogP contribution in [0.1, 0.15) is 79.6 Å². The van der Waals surface area contributed by atoms with Gasteiger partial charge in [0.1, 0.15) is 11.7 Å². The molecule has 0 radical (unpaired) electrons. The van der Waals surface area contributed by atoms with Crippen molar-refractivity contribution in [2.75, 3.05) is 0 Å². The zero-order valence-electron chi connectivity index (χ0n) is 16.6. The Bertz CT molecular complexity index is 469. The van der Waals surface area contributed by atoms with E-state index < -0.39 is 17.7 Å². The summed E-state index contributed by atoms with van der Waals surface area (Å²) in [6.45, 7) is 10.8. The van der Waals surface area contributed by atoms with Gasteiger partial charge in [0.05, 0.1) is 6.42 Å². The van der Waals surface area contributed by atoms with Crippen LogP contribution in [0.15, 0.2) is 23.8 Å². The van der Waals surface area contributed by atoms with Crippen molar-refractivity contribution in [3.05, 3.63) is 23.8 Å². The molecular weight excluding hydrogens is 316 g/mol. The highest BCUT2D eigenvalue weighted by molar-refractivity contribution is 5.68. The van der Waals surface area contributed by atoms with Gasteiger partial charge >= 0.3 is 5.97 Å². The third-order valence-corrected chi connectivity index (χ3v) is 5.13. The van der Waals surface area contributed by atoms with E-state index in [0.29, 0.717) is 11.8 Å². The zero-order valence-corrected chi connectivity index (χ0v) is 16.6. The standard InChI is InChI=1S/C21H36O4/c1-6-10-11-17(7-2)12-16(5)14-21(9-4)15-18(8-3)19(24-25-21)13-20(22)23/h10-11,15-17,19H,6-9,12-14H2,1-5H3,(H,22,23)/b11-10+/t16-,17-,19-,21+/m0/s1. The Morgan fingerprint density at radius 1 is 1.36 bits per heavy atom. The highest BCUT2D eigenvalue weighted by atomic mass is 17.2.